The van der Waals surface area contributed by atoms with E-state index in [2.05, 4.69) is 4.98 Å². The van der Waals surface area contributed by atoms with E-state index in [1.165, 1.54) is 29.5 Å². The third-order valence-electron chi connectivity index (χ3n) is 2.03. The maximum absolute atomic E-state index is 13.3. The Labute approximate surface area is 89.4 Å². The van der Waals surface area contributed by atoms with Gasteiger partial charge in [-0.2, -0.15) is 0 Å². The van der Waals surface area contributed by atoms with Crippen LogP contribution in [0.5, 0.6) is 0 Å². The summed E-state index contributed by atoms with van der Waals surface area (Å²) < 4.78 is 26.7. The second kappa shape index (κ2) is 4.04. The zero-order valence-corrected chi connectivity index (χ0v) is 8.47. The van der Waals surface area contributed by atoms with Gasteiger partial charge in [-0.05, 0) is 12.1 Å². The van der Waals surface area contributed by atoms with Crippen molar-refractivity contribution < 1.29 is 8.78 Å². The van der Waals surface area contributed by atoms with Crippen LogP contribution in [0.2, 0.25) is 0 Å². The van der Waals surface area contributed by atoms with Crippen molar-refractivity contribution in [3.05, 3.63) is 52.0 Å². The third kappa shape index (κ3) is 1.88. The smallest absolute Gasteiger partial charge is 0.131 e. The summed E-state index contributed by atoms with van der Waals surface area (Å²) in [5.74, 6) is -1.28. The third-order valence-corrected chi connectivity index (χ3v) is 2.89. The summed E-state index contributed by atoms with van der Waals surface area (Å²) in [5.41, 5.74) is 5.60. The van der Waals surface area contributed by atoms with Crippen molar-refractivity contribution in [1.29, 1.82) is 0 Å². The van der Waals surface area contributed by atoms with Crippen molar-refractivity contribution in [1.82, 2.24) is 4.98 Å². The Morgan fingerprint density at radius 2 is 1.93 bits per heavy atom. The van der Waals surface area contributed by atoms with Gasteiger partial charge in [-0.1, -0.05) is 6.07 Å². The fourth-order valence-corrected chi connectivity index (χ4v) is 1.97. The van der Waals surface area contributed by atoms with Gasteiger partial charge in [-0.25, -0.2) is 13.8 Å². The Hall–Kier alpha value is -1.33. The van der Waals surface area contributed by atoms with Crippen LogP contribution in [-0.2, 0) is 0 Å². The molecule has 5 heteroatoms. The number of nitrogens with zero attached hydrogens (tertiary/aromatic N) is 1. The Morgan fingerprint density at radius 3 is 2.47 bits per heavy atom. The molecule has 78 valence electrons. The summed E-state index contributed by atoms with van der Waals surface area (Å²) in [6.45, 7) is 0. The molecule has 0 amide bonds. The highest BCUT2D eigenvalue weighted by molar-refractivity contribution is 7.09. The van der Waals surface area contributed by atoms with E-state index >= 15 is 0 Å². The van der Waals surface area contributed by atoms with Crippen molar-refractivity contribution in [3.63, 3.8) is 0 Å². The zero-order valence-electron chi connectivity index (χ0n) is 7.65. The minimum Gasteiger partial charge on any atom is -0.318 e. The molecular formula is C10H8F2N2S. The standard InChI is InChI=1S/C10H8F2N2S/c11-6-2-1-3-7(12)8(6)9(13)10-14-4-5-15-10/h1-5,9H,13H2. The summed E-state index contributed by atoms with van der Waals surface area (Å²) in [6.07, 6.45) is 1.55. The second-order valence-electron chi connectivity index (χ2n) is 2.98. The monoisotopic (exact) mass is 226 g/mol. The fraction of sp³-hybridized carbons (Fsp3) is 0.100. The molecule has 2 nitrogen and oxygen atoms in total. The lowest BCUT2D eigenvalue weighted by Crippen LogP contribution is -2.15. The summed E-state index contributed by atoms with van der Waals surface area (Å²) in [6, 6.07) is 2.84. The van der Waals surface area contributed by atoms with Crippen LogP contribution in [0.15, 0.2) is 29.8 Å². The van der Waals surface area contributed by atoms with E-state index in [1.807, 2.05) is 0 Å². The molecule has 0 saturated heterocycles. The Balaban J connectivity index is 2.46. The summed E-state index contributed by atoms with van der Waals surface area (Å²) in [4.78, 5) is 3.93. The first kappa shape index (κ1) is 10.2. The van der Waals surface area contributed by atoms with Crippen LogP contribution in [0.4, 0.5) is 8.78 Å². The van der Waals surface area contributed by atoms with Crippen LogP contribution < -0.4 is 5.73 Å². The highest BCUT2D eigenvalue weighted by Gasteiger charge is 2.19. The van der Waals surface area contributed by atoms with Gasteiger partial charge in [0.25, 0.3) is 0 Å². The highest BCUT2D eigenvalue weighted by atomic mass is 32.1. The van der Waals surface area contributed by atoms with Gasteiger partial charge in [-0.3, -0.25) is 0 Å². The summed E-state index contributed by atoms with van der Waals surface area (Å²) >= 11 is 1.27. The number of thiazole rings is 1. The first-order chi connectivity index (χ1) is 7.20. The van der Waals surface area contributed by atoms with Crippen molar-refractivity contribution in [2.45, 2.75) is 6.04 Å². The average Bonchev–Trinajstić information content (AvgIpc) is 2.69. The molecule has 0 radical (unpaired) electrons. The molecule has 0 aliphatic carbocycles. The van der Waals surface area contributed by atoms with E-state index in [1.54, 1.807) is 11.6 Å². The molecule has 0 fully saturated rings. The van der Waals surface area contributed by atoms with Crippen molar-refractivity contribution in [2.24, 2.45) is 5.73 Å². The molecule has 15 heavy (non-hydrogen) atoms. The maximum atomic E-state index is 13.3. The van der Waals surface area contributed by atoms with Crippen molar-refractivity contribution in [2.75, 3.05) is 0 Å². The van der Waals surface area contributed by atoms with Crippen LogP contribution in [-0.4, -0.2) is 4.98 Å². The van der Waals surface area contributed by atoms with E-state index < -0.39 is 17.7 Å². The maximum Gasteiger partial charge on any atom is 0.131 e. The van der Waals surface area contributed by atoms with Gasteiger partial charge < -0.3 is 5.73 Å². The lowest BCUT2D eigenvalue weighted by Gasteiger charge is -2.10. The van der Waals surface area contributed by atoms with Crippen molar-refractivity contribution in [3.8, 4) is 0 Å². The molecule has 2 N–H and O–H groups in total. The predicted octanol–water partition coefficient (Wildman–Crippen LogP) is 2.47. The number of hydrogen-bond donors (Lipinski definition) is 1. The Morgan fingerprint density at radius 1 is 1.27 bits per heavy atom. The van der Waals surface area contributed by atoms with Crippen LogP contribution in [0, 0.1) is 11.6 Å². The van der Waals surface area contributed by atoms with Gasteiger partial charge in [0.1, 0.15) is 16.6 Å². The second-order valence-corrected chi connectivity index (χ2v) is 3.91. The number of halogens is 2. The van der Waals surface area contributed by atoms with Crippen LogP contribution in [0.25, 0.3) is 0 Å². The number of benzene rings is 1. The van der Waals surface area contributed by atoms with Crippen molar-refractivity contribution >= 4 is 11.3 Å². The summed E-state index contributed by atoms with van der Waals surface area (Å²) in [7, 11) is 0. The number of aromatic nitrogens is 1. The molecule has 0 aliphatic rings. The molecule has 1 aromatic carbocycles. The molecule has 1 unspecified atom stereocenters. The van der Waals surface area contributed by atoms with E-state index in [4.69, 9.17) is 5.73 Å². The van der Waals surface area contributed by atoms with Crippen LogP contribution in [0.1, 0.15) is 16.6 Å². The van der Waals surface area contributed by atoms with Gasteiger partial charge in [0.2, 0.25) is 0 Å². The molecule has 1 heterocycles. The topological polar surface area (TPSA) is 38.9 Å². The van der Waals surface area contributed by atoms with Gasteiger partial charge in [-0.15, -0.1) is 11.3 Å². The summed E-state index contributed by atoms with van der Waals surface area (Å²) in [5, 5.41) is 2.22. The fourth-order valence-electron chi connectivity index (χ4n) is 1.32. The lowest BCUT2D eigenvalue weighted by molar-refractivity contribution is 0.543. The van der Waals surface area contributed by atoms with Crippen LogP contribution >= 0.6 is 11.3 Å². The lowest BCUT2D eigenvalue weighted by atomic mass is 10.1. The quantitative estimate of drug-likeness (QED) is 0.854. The van der Waals surface area contributed by atoms with E-state index in [9.17, 15) is 8.78 Å². The minimum absolute atomic E-state index is 0.132. The van der Waals surface area contributed by atoms with Gasteiger partial charge in [0.15, 0.2) is 0 Å². The minimum atomic E-state index is -0.841. The van der Waals surface area contributed by atoms with E-state index in [0.29, 0.717) is 5.01 Å². The highest BCUT2D eigenvalue weighted by Crippen LogP contribution is 2.25. The zero-order chi connectivity index (χ0) is 10.8. The number of nitrogens with two attached hydrogens (primary N) is 1. The van der Waals surface area contributed by atoms with Gasteiger partial charge in [0.05, 0.1) is 6.04 Å². The molecule has 1 aromatic heterocycles. The normalized spacial score (nSPS) is 12.7. The predicted molar refractivity (Wildman–Crippen MR) is 54.5 cm³/mol. The SMILES string of the molecule is NC(c1nccs1)c1c(F)cccc1F. The van der Waals surface area contributed by atoms with Gasteiger partial charge in [0, 0.05) is 17.1 Å². The number of hydrogen-bond acceptors (Lipinski definition) is 3. The molecule has 1 atom stereocenters. The van der Waals surface area contributed by atoms with Crippen LogP contribution in [0.3, 0.4) is 0 Å². The first-order valence-electron chi connectivity index (χ1n) is 4.29. The van der Waals surface area contributed by atoms with E-state index in [0.717, 1.165) is 0 Å². The Bertz CT molecular complexity index is 436. The molecule has 0 aliphatic heterocycles. The number of rotatable bonds is 2. The Kier molecular flexibility index (Phi) is 2.75. The van der Waals surface area contributed by atoms with Gasteiger partial charge >= 0.3 is 0 Å². The van der Waals surface area contributed by atoms with E-state index in [-0.39, 0.29) is 5.56 Å². The molecular weight excluding hydrogens is 218 g/mol. The average molecular weight is 226 g/mol. The molecule has 0 spiro atoms. The molecule has 0 bridgehead atoms. The molecule has 2 rings (SSSR count). The molecule has 2 aromatic rings. The largest absolute Gasteiger partial charge is 0.318 e. The molecule has 0 saturated carbocycles. The first-order valence-corrected chi connectivity index (χ1v) is 5.17.